The van der Waals surface area contributed by atoms with Gasteiger partial charge in [0.2, 0.25) is 5.91 Å². The standard InChI is InChI=1S/C15H20N4O/c1-8(2)13(14(17)20)19-12-6-5-10(16)7-11(12)18-15(19)9-3-4-9/h5-9,13H,3-4,16H2,1-2H3,(H2,17,20). The predicted octanol–water partition coefficient (Wildman–Crippen LogP) is 2.18. The number of hydrogen-bond donors (Lipinski definition) is 2. The van der Waals surface area contributed by atoms with Crippen molar-refractivity contribution in [3.05, 3.63) is 24.0 Å². The van der Waals surface area contributed by atoms with Gasteiger partial charge in [0, 0.05) is 11.6 Å². The number of nitrogens with zero attached hydrogens (tertiary/aromatic N) is 2. The number of hydrogen-bond acceptors (Lipinski definition) is 3. The molecule has 4 N–H and O–H groups in total. The third-order valence-electron chi connectivity index (χ3n) is 3.88. The molecule has 1 aromatic carbocycles. The van der Waals surface area contributed by atoms with Gasteiger partial charge in [0.1, 0.15) is 11.9 Å². The summed E-state index contributed by atoms with van der Waals surface area (Å²) in [5, 5.41) is 0. The second-order valence-corrected chi connectivity index (χ2v) is 5.95. The fraction of sp³-hybridized carbons (Fsp3) is 0.467. The number of carbonyl (C=O) groups excluding carboxylic acids is 1. The van der Waals surface area contributed by atoms with E-state index in [1.54, 1.807) is 0 Å². The summed E-state index contributed by atoms with van der Waals surface area (Å²) in [6, 6.07) is 5.27. The van der Waals surface area contributed by atoms with Gasteiger partial charge >= 0.3 is 0 Å². The highest BCUT2D eigenvalue weighted by molar-refractivity contribution is 5.85. The van der Waals surface area contributed by atoms with E-state index in [9.17, 15) is 4.79 Å². The molecule has 1 atom stereocenters. The minimum atomic E-state index is -0.362. The number of aromatic nitrogens is 2. The van der Waals surface area contributed by atoms with E-state index in [1.165, 1.54) is 0 Å². The molecular weight excluding hydrogens is 252 g/mol. The van der Waals surface area contributed by atoms with E-state index in [2.05, 4.69) is 0 Å². The summed E-state index contributed by atoms with van der Waals surface area (Å²) in [5.74, 6) is 1.24. The Kier molecular flexibility index (Phi) is 2.92. The normalized spacial score (nSPS) is 16.8. The molecule has 5 nitrogen and oxygen atoms in total. The zero-order valence-electron chi connectivity index (χ0n) is 11.8. The van der Waals surface area contributed by atoms with Crippen LogP contribution < -0.4 is 11.5 Å². The van der Waals surface area contributed by atoms with Crippen LogP contribution >= 0.6 is 0 Å². The van der Waals surface area contributed by atoms with Crippen molar-refractivity contribution in [3.63, 3.8) is 0 Å². The molecule has 20 heavy (non-hydrogen) atoms. The molecular formula is C15H20N4O. The number of carbonyl (C=O) groups is 1. The average Bonchev–Trinajstić information content (AvgIpc) is 3.13. The van der Waals surface area contributed by atoms with Crippen LogP contribution in [0.1, 0.15) is 44.5 Å². The molecule has 106 valence electrons. The minimum absolute atomic E-state index is 0.125. The summed E-state index contributed by atoms with van der Waals surface area (Å²) >= 11 is 0. The SMILES string of the molecule is CC(C)C(C(N)=O)n1c(C2CC2)nc2cc(N)ccc21. The van der Waals surface area contributed by atoms with Crippen LogP contribution in [0.15, 0.2) is 18.2 Å². The Hall–Kier alpha value is -2.04. The highest BCUT2D eigenvalue weighted by atomic mass is 16.1. The van der Waals surface area contributed by atoms with Crippen molar-refractivity contribution in [2.75, 3.05) is 5.73 Å². The molecule has 2 aromatic rings. The molecule has 0 aliphatic heterocycles. The Labute approximate surface area is 118 Å². The van der Waals surface area contributed by atoms with Crippen LogP contribution in [0.25, 0.3) is 11.0 Å². The van der Waals surface area contributed by atoms with E-state index >= 15 is 0 Å². The number of benzene rings is 1. The molecule has 1 aliphatic carbocycles. The Morgan fingerprint density at radius 2 is 2.10 bits per heavy atom. The number of primary amides is 1. The molecule has 1 aliphatic rings. The van der Waals surface area contributed by atoms with E-state index in [0.717, 1.165) is 29.7 Å². The van der Waals surface area contributed by atoms with Gasteiger partial charge in [0.25, 0.3) is 0 Å². The van der Waals surface area contributed by atoms with Gasteiger partial charge in [-0.15, -0.1) is 0 Å². The summed E-state index contributed by atoms with van der Waals surface area (Å²) in [5.41, 5.74) is 13.9. The van der Waals surface area contributed by atoms with Crippen molar-refractivity contribution in [1.82, 2.24) is 9.55 Å². The molecule has 1 amide bonds. The molecule has 0 radical (unpaired) electrons. The van der Waals surface area contributed by atoms with E-state index in [1.807, 2.05) is 36.6 Å². The Morgan fingerprint density at radius 3 is 2.65 bits per heavy atom. The molecule has 1 saturated carbocycles. The number of imidazole rings is 1. The molecule has 0 saturated heterocycles. The van der Waals surface area contributed by atoms with E-state index < -0.39 is 0 Å². The van der Waals surface area contributed by atoms with Crippen molar-refractivity contribution >= 4 is 22.6 Å². The summed E-state index contributed by atoms with van der Waals surface area (Å²) in [7, 11) is 0. The van der Waals surface area contributed by atoms with Gasteiger partial charge in [-0.25, -0.2) is 4.98 Å². The van der Waals surface area contributed by atoms with Crippen LogP contribution in [0.4, 0.5) is 5.69 Å². The van der Waals surface area contributed by atoms with E-state index in [0.29, 0.717) is 11.6 Å². The number of rotatable bonds is 4. The zero-order chi connectivity index (χ0) is 14.4. The van der Waals surface area contributed by atoms with Crippen molar-refractivity contribution in [3.8, 4) is 0 Å². The Balaban J connectivity index is 2.25. The zero-order valence-corrected chi connectivity index (χ0v) is 11.8. The topological polar surface area (TPSA) is 86.9 Å². The fourth-order valence-electron chi connectivity index (χ4n) is 2.81. The minimum Gasteiger partial charge on any atom is -0.399 e. The van der Waals surface area contributed by atoms with Crippen LogP contribution in [0.2, 0.25) is 0 Å². The number of fused-ring (bicyclic) bond motifs is 1. The third-order valence-corrected chi connectivity index (χ3v) is 3.88. The van der Waals surface area contributed by atoms with Gasteiger partial charge in [-0.1, -0.05) is 13.8 Å². The second kappa shape index (κ2) is 4.51. The van der Waals surface area contributed by atoms with Crippen molar-refractivity contribution in [2.45, 2.75) is 38.6 Å². The first kappa shape index (κ1) is 13.0. The van der Waals surface area contributed by atoms with Gasteiger partial charge in [-0.05, 0) is 37.0 Å². The summed E-state index contributed by atoms with van der Waals surface area (Å²) in [4.78, 5) is 16.6. The lowest BCUT2D eigenvalue weighted by Gasteiger charge is -2.22. The molecule has 1 aromatic heterocycles. The molecule has 3 rings (SSSR count). The van der Waals surface area contributed by atoms with Crippen molar-refractivity contribution in [1.29, 1.82) is 0 Å². The van der Waals surface area contributed by atoms with Gasteiger partial charge in [-0.3, -0.25) is 4.79 Å². The van der Waals surface area contributed by atoms with Crippen LogP contribution in [0.5, 0.6) is 0 Å². The largest absolute Gasteiger partial charge is 0.399 e. The van der Waals surface area contributed by atoms with Crippen LogP contribution in [0, 0.1) is 5.92 Å². The number of anilines is 1. The van der Waals surface area contributed by atoms with Gasteiger partial charge in [0.15, 0.2) is 0 Å². The number of nitrogens with two attached hydrogens (primary N) is 2. The third kappa shape index (κ3) is 2.03. The van der Waals surface area contributed by atoms with Crippen molar-refractivity contribution < 1.29 is 4.79 Å². The number of nitrogen functional groups attached to an aromatic ring is 1. The summed E-state index contributed by atoms with van der Waals surface area (Å²) < 4.78 is 2.03. The first-order valence-corrected chi connectivity index (χ1v) is 7.05. The van der Waals surface area contributed by atoms with E-state index in [4.69, 9.17) is 16.5 Å². The van der Waals surface area contributed by atoms with Crippen molar-refractivity contribution in [2.24, 2.45) is 11.7 Å². The Morgan fingerprint density at radius 1 is 1.40 bits per heavy atom. The van der Waals surface area contributed by atoms with Gasteiger partial charge in [0.05, 0.1) is 11.0 Å². The predicted molar refractivity (Wildman–Crippen MR) is 79.2 cm³/mol. The maximum atomic E-state index is 11.9. The summed E-state index contributed by atoms with van der Waals surface area (Å²) in [6.07, 6.45) is 2.25. The molecule has 0 bridgehead atoms. The first-order valence-electron chi connectivity index (χ1n) is 7.05. The first-order chi connectivity index (χ1) is 9.49. The quantitative estimate of drug-likeness (QED) is 0.836. The maximum Gasteiger partial charge on any atom is 0.240 e. The highest BCUT2D eigenvalue weighted by Gasteiger charge is 2.34. The lowest BCUT2D eigenvalue weighted by Crippen LogP contribution is -2.31. The van der Waals surface area contributed by atoms with Crippen LogP contribution in [0.3, 0.4) is 0 Å². The second-order valence-electron chi connectivity index (χ2n) is 5.95. The maximum absolute atomic E-state index is 11.9. The molecule has 1 unspecified atom stereocenters. The smallest absolute Gasteiger partial charge is 0.240 e. The van der Waals surface area contributed by atoms with E-state index in [-0.39, 0.29) is 17.9 Å². The molecule has 5 heteroatoms. The lowest BCUT2D eigenvalue weighted by atomic mass is 10.0. The van der Waals surface area contributed by atoms with Crippen LogP contribution in [-0.2, 0) is 4.79 Å². The molecule has 0 spiro atoms. The molecule has 1 heterocycles. The summed E-state index contributed by atoms with van der Waals surface area (Å²) in [6.45, 7) is 4.02. The lowest BCUT2D eigenvalue weighted by molar-refractivity contribution is -0.122. The highest BCUT2D eigenvalue weighted by Crippen LogP contribution is 2.42. The van der Waals surface area contributed by atoms with Gasteiger partial charge < -0.3 is 16.0 Å². The van der Waals surface area contributed by atoms with Crippen LogP contribution in [-0.4, -0.2) is 15.5 Å². The average molecular weight is 272 g/mol. The Bertz CT molecular complexity index is 670. The fourth-order valence-corrected chi connectivity index (χ4v) is 2.81. The number of amides is 1. The molecule has 1 fully saturated rings. The van der Waals surface area contributed by atoms with Gasteiger partial charge in [-0.2, -0.15) is 0 Å². The monoisotopic (exact) mass is 272 g/mol.